The fourth-order valence-corrected chi connectivity index (χ4v) is 3.78. The Morgan fingerprint density at radius 3 is 2.24 bits per heavy atom. The third-order valence-corrected chi connectivity index (χ3v) is 5.28. The molecule has 0 aliphatic carbocycles. The molecule has 0 fully saturated rings. The van der Waals surface area contributed by atoms with Crippen LogP contribution in [0, 0.1) is 0 Å². The van der Waals surface area contributed by atoms with Gasteiger partial charge in [0.2, 0.25) is 10.0 Å². The minimum Gasteiger partial charge on any atom is -0.389 e. The highest BCUT2D eigenvalue weighted by Gasteiger charge is 2.28. The van der Waals surface area contributed by atoms with Crippen molar-refractivity contribution in [3.8, 4) is 0 Å². The van der Waals surface area contributed by atoms with Gasteiger partial charge in [-0.25, -0.2) is 8.42 Å². The van der Waals surface area contributed by atoms with Gasteiger partial charge < -0.3 is 5.11 Å². The second-order valence-electron chi connectivity index (χ2n) is 5.68. The van der Waals surface area contributed by atoms with Gasteiger partial charge >= 0.3 is 0 Å². The topological polar surface area (TPSA) is 57.6 Å². The first-order chi connectivity index (χ1) is 9.70. The van der Waals surface area contributed by atoms with Crippen molar-refractivity contribution in [1.82, 2.24) is 4.31 Å². The number of hydrogen-bond acceptors (Lipinski definition) is 3. The molecule has 0 aliphatic rings. The molecule has 0 bridgehead atoms. The van der Waals surface area contributed by atoms with Crippen LogP contribution in [-0.2, 0) is 16.4 Å². The number of sulfonamides is 1. The van der Waals surface area contributed by atoms with Crippen molar-refractivity contribution in [3.63, 3.8) is 0 Å². The van der Waals surface area contributed by atoms with Crippen LogP contribution in [0.15, 0.2) is 29.2 Å². The van der Waals surface area contributed by atoms with Gasteiger partial charge in [0.25, 0.3) is 0 Å². The van der Waals surface area contributed by atoms with Crippen molar-refractivity contribution in [3.05, 3.63) is 29.8 Å². The highest BCUT2D eigenvalue weighted by Crippen LogP contribution is 2.19. The van der Waals surface area contributed by atoms with Crippen LogP contribution in [0.25, 0.3) is 0 Å². The van der Waals surface area contributed by atoms with Crippen LogP contribution in [0.3, 0.4) is 0 Å². The van der Waals surface area contributed by atoms with Crippen LogP contribution in [0.1, 0.15) is 32.8 Å². The molecule has 1 N–H and O–H groups in total. The van der Waals surface area contributed by atoms with Crippen LogP contribution in [0.5, 0.6) is 0 Å². The molecule has 1 rings (SSSR count). The standard InChI is InChI=1S/C15H24ClNO3S/c1-4-17(12-15(2,3)18)21(19,20)14-9-7-13(8-10-14)6-5-11-16/h7-10,18H,4-6,11-12H2,1-3H3. The summed E-state index contributed by atoms with van der Waals surface area (Å²) in [6.45, 7) is 5.35. The van der Waals surface area contributed by atoms with E-state index in [4.69, 9.17) is 11.6 Å². The van der Waals surface area contributed by atoms with Gasteiger partial charge in [-0.15, -0.1) is 11.6 Å². The van der Waals surface area contributed by atoms with Gasteiger partial charge in [-0.05, 0) is 44.4 Å². The molecule has 0 aliphatic heterocycles. The van der Waals surface area contributed by atoms with Crippen LogP contribution in [0.2, 0.25) is 0 Å². The van der Waals surface area contributed by atoms with Gasteiger partial charge in [-0.1, -0.05) is 19.1 Å². The lowest BCUT2D eigenvalue weighted by molar-refractivity contribution is 0.0601. The van der Waals surface area contributed by atoms with Gasteiger partial charge in [0.1, 0.15) is 0 Å². The number of halogens is 1. The molecule has 0 saturated heterocycles. The summed E-state index contributed by atoms with van der Waals surface area (Å²) in [5.41, 5.74) is 0.00347. The van der Waals surface area contributed by atoms with Crippen molar-refractivity contribution in [2.45, 2.75) is 44.1 Å². The Morgan fingerprint density at radius 1 is 1.24 bits per heavy atom. The molecule has 6 heteroatoms. The zero-order valence-electron chi connectivity index (χ0n) is 12.8. The summed E-state index contributed by atoms with van der Waals surface area (Å²) >= 11 is 5.65. The summed E-state index contributed by atoms with van der Waals surface area (Å²) in [5.74, 6) is 0.593. The molecule has 1 aromatic carbocycles. The van der Waals surface area contributed by atoms with Crippen LogP contribution in [-0.4, -0.2) is 42.4 Å². The largest absolute Gasteiger partial charge is 0.389 e. The Bertz CT molecular complexity index is 535. The van der Waals surface area contributed by atoms with E-state index in [0.717, 1.165) is 18.4 Å². The lowest BCUT2D eigenvalue weighted by atomic mass is 10.1. The molecule has 0 saturated carbocycles. The van der Waals surface area contributed by atoms with Crippen LogP contribution < -0.4 is 0 Å². The number of benzene rings is 1. The molecule has 4 nitrogen and oxygen atoms in total. The van der Waals surface area contributed by atoms with Crippen LogP contribution in [0.4, 0.5) is 0 Å². The average molecular weight is 334 g/mol. The van der Waals surface area contributed by atoms with E-state index >= 15 is 0 Å². The zero-order chi connectivity index (χ0) is 16.1. The lowest BCUT2D eigenvalue weighted by Crippen LogP contribution is -2.42. The monoisotopic (exact) mass is 333 g/mol. The minimum atomic E-state index is -3.57. The predicted molar refractivity (Wildman–Crippen MR) is 86.2 cm³/mol. The summed E-state index contributed by atoms with van der Waals surface area (Å²) in [7, 11) is -3.57. The molecule has 21 heavy (non-hydrogen) atoms. The van der Waals surface area contributed by atoms with Crippen molar-refractivity contribution in [2.75, 3.05) is 19.0 Å². The third kappa shape index (κ3) is 5.58. The minimum absolute atomic E-state index is 0.0693. The Hall–Kier alpha value is -0.620. The van der Waals surface area contributed by atoms with Gasteiger partial charge in [0.15, 0.2) is 0 Å². The number of aryl methyl sites for hydroxylation is 1. The highest BCUT2D eigenvalue weighted by atomic mass is 35.5. The van der Waals surface area contributed by atoms with Gasteiger partial charge in [0, 0.05) is 19.0 Å². The highest BCUT2D eigenvalue weighted by molar-refractivity contribution is 7.89. The van der Waals surface area contributed by atoms with Crippen molar-refractivity contribution in [2.24, 2.45) is 0 Å². The fourth-order valence-electron chi connectivity index (χ4n) is 2.05. The van der Waals surface area contributed by atoms with Crippen molar-refractivity contribution < 1.29 is 13.5 Å². The molecule has 0 heterocycles. The molecule has 120 valence electrons. The van der Waals surface area contributed by atoms with E-state index in [1.54, 1.807) is 32.9 Å². The average Bonchev–Trinajstić information content (AvgIpc) is 2.41. The molecular weight excluding hydrogens is 310 g/mol. The molecule has 0 radical (unpaired) electrons. The molecule has 1 aromatic rings. The Labute approximate surface area is 132 Å². The number of alkyl halides is 1. The van der Waals surface area contributed by atoms with Gasteiger partial charge in [-0.2, -0.15) is 4.31 Å². The van der Waals surface area contributed by atoms with E-state index in [1.165, 1.54) is 4.31 Å². The van der Waals surface area contributed by atoms with E-state index in [0.29, 0.717) is 12.4 Å². The Balaban J connectivity index is 2.95. The zero-order valence-corrected chi connectivity index (χ0v) is 14.4. The SMILES string of the molecule is CCN(CC(C)(C)O)S(=O)(=O)c1ccc(CCCCl)cc1. The summed E-state index contributed by atoms with van der Waals surface area (Å²) in [6.07, 6.45) is 1.71. The number of hydrogen-bond donors (Lipinski definition) is 1. The van der Waals surface area contributed by atoms with Gasteiger partial charge in [0.05, 0.1) is 10.5 Å². The van der Waals surface area contributed by atoms with E-state index in [1.807, 2.05) is 12.1 Å². The summed E-state index contributed by atoms with van der Waals surface area (Å²) in [4.78, 5) is 0.253. The predicted octanol–water partition coefficient (Wildman–Crippen LogP) is 2.64. The quantitative estimate of drug-likeness (QED) is 0.744. The maximum atomic E-state index is 12.6. The first kappa shape index (κ1) is 18.4. The lowest BCUT2D eigenvalue weighted by Gasteiger charge is -2.27. The molecule has 0 spiro atoms. The second-order valence-corrected chi connectivity index (χ2v) is 8.00. The first-order valence-corrected chi connectivity index (χ1v) is 9.05. The third-order valence-electron chi connectivity index (χ3n) is 3.08. The van der Waals surface area contributed by atoms with E-state index in [9.17, 15) is 13.5 Å². The molecular formula is C15H24ClNO3S. The number of aliphatic hydroxyl groups is 1. The summed E-state index contributed by atoms with van der Waals surface area (Å²) in [5, 5.41) is 9.85. The molecule has 0 unspecified atom stereocenters. The van der Waals surface area contributed by atoms with Crippen molar-refractivity contribution in [1.29, 1.82) is 0 Å². The molecule has 0 atom stereocenters. The second kappa shape index (κ2) is 7.58. The van der Waals surface area contributed by atoms with Crippen LogP contribution >= 0.6 is 11.6 Å². The van der Waals surface area contributed by atoms with Crippen molar-refractivity contribution >= 4 is 21.6 Å². The van der Waals surface area contributed by atoms with E-state index in [-0.39, 0.29) is 11.4 Å². The summed E-state index contributed by atoms with van der Waals surface area (Å²) < 4.78 is 26.4. The van der Waals surface area contributed by atoms with Gasteiger partial charge in [-0.3, -0.25) is 0 Å². The molecule has 0 aromatic heterocycles. The van der Waals surface area contributed by atoms with E-state index < -0.39 is 15.6 Å². The fraction of sp³-hybridized carbons (Fsp3) is 0.600. The Morgan fingerprint density at radius 2 is 1.81 bits per heavy atom. The molecule has 0 amide bonds. The first-order valence-electron chi connectivity index (χ1n) is 7.08. The number of nitrogens with zero attached hydrogens (tertiary/aromatic N) is 1. The number of likely N-dealkylation sites (N-methyl/N-ethyl adjacent to an activating group) is 1. The maximum absolute atomic E-state index is 12.6. The normalized spacial score (nSPS) is 12.9. The number of rotatable bonds is 8. The van der Waals surface area contributed by atoms with E-state index in [2.05, 4.69) is 0 Å². The maximum Gasteiger partial charge on any atom is 0.243 e. The Kier molecular flexibility index (Phi) is 6.66. The summed E-state index contributed by atoms with van der Waals surface area (Å²) in [6, 6.07) is 6.87. The smallest absolute Gasteiger partial charge is 0.243 e.